The Bertz CT molecular complexity index is 6270. The van der Waals surface area contributed by atoms with E-state index in [-0.39, 0.29) is 12.3 Å². The van der Waals surface area contributed by atoms with Crippen molar-refractivity contribution in [1.82, 2.24) is 19.9 Å². The average Bonchev–Trinajstić information content (AvgIpc) is 1.53. The molecule has 0 saturated carbocycles. The van der Waals surface area contributed by atoms with E-state index in [1.165, 1.54) is 111 Å². The summed E-state index contributed by atoms with van der Waals surface area (Å²) in [6, 6.07) is 130. The van der Waals surface area contributed by atoms with Crippen molar-refractivity contribution in [2.75, 3.05) is 0 Å². The van der Waals surface area contributed by atoms with Crippen molar-refractivity contribution < 1.29 is 10.7 Å². The maximum Gasteiger partial charge on any atom is 0.498 e. The van der Waals surface area contributed by atoms with Gasteiger partial charge in [0.15, 0.2) is 11.6 Å². The Morgan fingerprint density at radius 3 is 0.965 bits per heavy atom. The summed E-state index contributed by atoms with van der Waals surface area (Å²) in [6.07, 6.45) is 0. The summed E-state index contributed by atoms with van der Waals surface area (Å²) in [5, 5.41) is 0.441. The molecular formula is C106H85BClN4O2+. The molecule has 3 heterocycles. The molecule has 5 aliphatic rings. The predicted octanol–water partition coefficient (Wildman–Crippen LogP) is 25.3. The van der Waals surface area contributed by atoms with Crippen LogP contribution in [0.3, 0.4) is 0 Å². The lowest BCUT2D eigenvalue weighted by atomic mass is 9.55. The number of rotatable bonds is 8. The minimum Gasteiger partial charge on any atom is -0.395 e. The number of hydrogen-bond donors (Lipinski definition) is 0. The van der Waals surface area contributed by atoms with Gasteiger partial charge in [-0.1, -0.05) is 385 Å². The Morgan fingerprint density at radius 1 is 0.263 bits per heavy atom. The number of nitrogens with zero attached hydrogens (tertiary/aromatic N) is 4. The minimum atomic E-state index is -0.634. The number of benzene rings is 14. The van der Waals surface area contributed by atoms with Gasteiger partial charge in [0.25, 0.3) is 0 Å². The van der Waals surface area contributed by atoms with E-state index in [2.05, 4.69) is 362 Å². The second kappa shape index (κ2) is 27.9. The largest absolute Gasteiger partial charge is 0.498 e. The highest BCUT2D eigenvalue weighted by Crippen LogP contribution is 2.64. The summed E-state index contributed by atoms with van der Waals surface area (Å²) >= 11 is 6.23. The van der Waals surface area contributed by atoms with Crippen LogP contribution in [-0.4, -0.2) is 38.3 Å². The van der Waals surface area contributed by atoms with Crippen LogP contribution in [0.2, 0.25) is 5.15 Å². The summed E-state index contributed by atoms with van der Waals surface area (Å²) < 4.78 is 12.9. The molecule has 4 aliphatic carbocycles. The molecule has 21 rings (SSSR count). The van der Waals surface area contributed by atoms with Crippen LogP contribution in [0.15, 0.2) is 364 Å². The molecule has 1 atom stereocenters. The second-order valence-electron chi connectivity index (χ2n) is 32.4. The van der Waals surface area contributed by atoms with Crippen molar-refractivity contribution >= 4 is 24.2 Å². The first-order chi connectivity index (χ1) is 55.4. The van der Waals surface area contributed by atoms with Crippen molar-refractivity contribution in [2.24, 2.45) is 0 Å². The molecule has 550 valence electrons. The van der Waals surface area contributed by atoms with Crippen LogP contribution in [0.4, 0.5) is 0 Å². The lowest BCUT2D eigenvalue weighted by molar-refractivity contribution is 0.0262. The Kier molecular flexibility index (Phi) is 17.6. The van der Waals surface area contributed by atoms with Crippen molar-refractivity contribution in [3.8, 4) is 101 Å². The zero-order valence-corrected chi connectivity index (χ0v) is 65.7. The number of aromatic nitrogens is 4. The van der Waals surface area contributed by atoms with Crippen molar-refractivity contribution in [1.29, 1.82) is 0 Å². The molecule has 2 aromatic heterocycles. The van der Waals surface area contributed by atoms with E-state index in [9.17, 15) is 0 Å². The molecular weight excluding hydrogens is 1410 g/mol. The average molecular weight is 1490 g/mol. The Hall–Kier alpha value is -12.6. The Morgan fingerprint density at radius 2 is 0.561 bits per heavy atom. The Balaban J connectivity index is 0.000000127. The highest BCUT2D eigenvalue weighted by Gasteiger charge is 2.59. The van der Waals surface area contributed by atoms with Gasteiger partial charge < -0.3 is 9.31 Å². The van der Waals surface area contributed by atoms with Crippen LogP contribution < -0.4 is 5.46 Å². The molecule has 1 aliphatic heterocycles. The summed E-state index contributed by atoms with van der Waals surface area (Å²) in [5.41, 5.74) is 32.6. The number of hydrogen-bond acceptors (Lipinski definition) is 6. The minimum absolute atomic E-state index is 0. The zero-order chi connectivity index (χ0) is 77.7. The molecule has 8 heteroatoms. The van der Waals surface area contributed by atoms with E-state index in [0.717, 1.165) is 50.4 Å². The monoisotopic (exact) mass is 1490 g/mol. The fraction of sp³-hybridized carbons (Fsp3) is 0.123. The molecule has 14 aromatic carbocycles. The van der Waals surface area contributed by atoms with Crippen molar-refractivity contribution in [3.63, 3.8) is 0 Å². The summed E-state index contributed by atoms with van der Waals surface area (Å²) in [6.45, 7) is 19.9. The van der Waals surface area contributed by atoms with E-state index in [0.29, 0.717) is 16.8 Å². The lowest BCUT2D eigenvalue weighted by Gasteiger charge is -2.46. The van der Waals surface area contributed by atoms with Gasteiger partial charge in [-0.25, -0.2) is 19.9 Å². The highest BCUT2D eigenvalue weighted by molar-refractivity contribution is 6.62. The van der Waals surface area contributed by atoms with Gasteiger partial charge in [0, 0.05) is 53.1 Å². The summed E-state index contributed by atoms with van der Waals surface area (Å²) in [4.78, 5) is 19.5. The summed E-state index contributed by atoms with van der Waals surface area (Å²) in [5.74, 6) is 1.35. The predicted molar refractivity (Wildman–Crippen MR) is 470 cm³/mol. The topological polar surface area (TPSA) is 70.0 Å². The molecule has 0 N–H and O–H groups in total. The standard InChI is InChI=1S/C50H36N2.C34H32BO2.C22H15ClN2.H2/c1-49(2)41-21-11-13-23-43(41)50(44-24-14-12-22-42(44)49)40-20-10-9-19-38(40)39-30-29-37(31-45(39)50)47-32-46(51-48(52-47)36-17-7-4-8-18-36)35-27-25-34(26-28-35)33-15-5-3-6-16-33;1-31(2)26-15-9-11-17-28(26)34(29-18-12-10-16-27(29)31)25-14-8-7-13-23(25)24-20-19-22(21-30(24)34)35-36-32(3,4)33(5,6)37-35;23-21-15-20(24-22(25-21)19-9-5-2-6-10-19)18-13-11-17(12-14-18)16-7-3-1-4-8-16;/h3-32H,1-2H3;7-21H,3H2,1-2,4-6H3;1-15H;1H/q;+1;;/i;;;1+1. The molecule has 114 heavy (non-hydrogen) atoms. The molecule has 16 aromatic rings. The fourth-order valence-corrected chi connectivity index (χ4v) is 18.8. The van der Waals surface area contributed by atoms with Gasteiger partial charge in [0.1, 0.15) is 10.8 Å². The van der Waals surface area contributed by atoms with Gasteiger partial charge in [0.2, 0.25) is 5.60 Å². The number of halogens is 1. The lowest BCUT2D eigenvalue weighted by Crippen LogP contribution is -2.42. The van der Waals surface area contributed by atoms with E-state index >= 15 is 0 Å². The third-order valence-electron chi connectivity index (χ3n) is 24.8. The second-order valence-corrected chi connectivity index (χ2v) is 32.8. The molecule has 1 fully saturated rings. The smallest absolute Gasteiger partial charge is 0.395 e. The quantitative estimate of drug-likeness (QED) is 0.0858. The molecule has 0 radical (unpaired) electrons. The van der Waals surface area contributed by atoms with E-state index < -0.39 is 29.2 Å². The van der Waals surface area contributed by atoms with Gasteiger partial charge >= 0.3 is 7.12 Å². The first kappa shape index (κ1) is 71.7. The normalized spacial score (nSPS) is 16.4. The van der Waals surface area contributed by atoms with Gasteiger partial charge in [-0.2, -0.15) is 0 Å². The van der Waals surface area contributed by atoms with Crippen molar-refractivity contribution in [3.05, 3.63) is 443 Å². The van der Waals surface area contributed by atoms with Gasteiger partial charge in [0.05, 0.1) is 34.8 Å². The Labute approximate surface area is 675 Å². The fourth-order valence-electron chi connectivity index (χ4n) is 18.6. The molecule has 2 spiro atoms. The first-order valence-corrected chi connectivity index (χ1v) is 39.8. The third kappa shape index (κ3) is 11.7. The molecule has 0 bridgehead atoms. The zero-order valence-electron chi connectivity index (χ0n) is 64.9. The number of fused-ring (bicyclic) bond motifs is 18. The van der Waals surface area contributed by atoms with Crippen LogP contribution in [0.1, 0.15) is 117 Å². The van der Waals surface area contributed by atoms with E-state index in [1.807, 2.05) is 61.5 Å². The van der Waals surface area contributed by atoms with E-state index in [1.54, 1.807) is 6.07 Å². The van der Waals surface area contributed by atoms with Crippen LogP contribution in [0.25, 0.3) is 101 Å². The SMILES string of the molecule is CC1(C)c2ccccc2C2(c3ccccc3-c3ccc(-c4cc(-c5ccc(-c6ccccc6)cc5)nc(-c5ccccc5)n4)cc32)c2ccccc21.Clc1cc(-c2ccc(-c3ccccc3)cc2)nc(-c2ccccc2)n1.[2HH].[CH2+]C1(C)OB(c2ccc3c(c2)C2(c4ccccc4-3)c3ccccc3C(C)(C)c3ccccc32)OC1(C)C. The first-order valence-electron chi connectivity index (χ1n) is 39.4. The van der Waals surface area contributed by atoms with Crippen molar-refractivity contribution in [2.45, 2.75) is 81.3 Å². The molecule has 0 amide bonds. The molecule has 1 saturated heterocycles. The van der Waals surface area contributed by atoms with Crippen LogP contribution >= 0.6 is 11.6 Å². The van der Waals surface area contributed by atoms with E-state index in [4.69, 9.17) is 30.9 Å². The molecule has 6 nitrogen and oxygen atoms in total. The van der Waals surface area contributed by atoms with Gasteiger partial charge in [-0.3, -0.25) is 0 Å². The summed E-state index contributed by atoms with van der Waals surface area (Å²) in [7, 11) is -0.464. The maximum atomic E-state index is 6.45. The van der Waals surface area contributed by atoms with Crippen LogP contribution in [0.5, 0.6) is 0 Å². The van der Waals surface area contributed by atoms with Crippen LogP contribution in [-0.2, 0) is 31.0 Å². The third-order valence-corrected chi connectivity index (χ3v) is 25.0. The molecule has 1 unspecified atom stereocenters. The highest BCUT2D eigenvalue weighted by atomic mass is 35.5. The van der Waals surface area contributed by atoms with Gasteiger partial charge in [-0.15, -0.1) is 0 Å². The van der Waals surface area contributed by atoms with Crippen LogP contribution in [0, 0.1) is 6.92 Å². The maximum absolute atomic E-state index is 6.45. The van der Waals surface area contributed by atoms with Gasteiger partial charge in [-0.05, 0) is 143 Å².